The molecule has 1 N–H and O–H groups in total. The molecule has 0 spiro atoms. The van der Waals surface area contributed by atoms with Gasteiger partial charge in [-0.05, 0) is 37.0 Å². The largest absolute Gasteiger partial charge is 0.352 e. The Morgan fingerprint density at radius 3 is 2.78 bits per heavy atom. The molecular formula is C14H15BrN2O. The number of nitrogens with one attached hydrogen (secondary N) is 1. The van der Waals surface area contributed by atoms with Crippen molar-refractivity contribution in [3.8, 4) is 6.07 Å². The molecule has 1 fully saturated rings. The maximum atomic E-state index is 11.9. The lowest BCUT2D eigenvalue weighted by Crippen LogP contribution is -2.37. The number of carbonyl (C=O) groups is 1. The highest BCUT2D eigenvalue weighted by Crippen LogP contribution is 2.24. The van der Waals surface area contributed by atoms with Crippen LogP contribution in [0.25, 0.3) is 0 Å². The summed E-state index contributed by atoms with van der Waals surface area (Å²) in [5.74, 6) is -0.0108. The molecule has 1 aromatic carbocycles. The molecule has 4 heteroatoms. The Bertz CT molecular complexity index is 464. The van der Waals surface area contributed by atoms with Gasteiger partial charge in [0, 0.05) is 10.5 Å². The molecule has 2 atom stereocenters. The first kappa shape index (κ1) is 13.1. The van der Waals surface area contributed by atoms with Crippen LogP contribution in [0.5, 0.6) is 0 Å². The first-order chi connectivity index (χ1) is 8.69. The third-order valence-electron chi connectivity index (χ3n) is 3.31. The lowest BCUT2D eigenvalue weighted by atomic mass is 10.1. The van der Waals surface area contributed by atoms with Gasteiger partial charge in [-0.3, -0.25) is 4.79 Å². The van der Waals surface area contributed by atoms with Gasteiger partial charge in [-0.25, -0.2) is 0 Å². The Labute approximate surface area is 115 Å². The van der Waals surface area contributed by atoms with E-state index in [1.807, 2.05) is 24.3 Å². The summed E-state index contributed by atoms with van der Waals surface area (Å²) in [7, 11) is 0. The van der Waals surface area contributed by atoms with Crippen molar-refractivity contribution < 1.29 is 4.79 Å². The number of carbonyl (C=O) groups excluding carboxylic acids is 1. The van der Waals surface area contributed by atoms with Crippen LogP contribution in [0.3, 0.4) is 0 Å². The topological polar surface area (TPSA) is 52.9 Å². The normalized spacial score (nSPS) is 22.4. The van der Waals surface area contributed by atoms with Gasteiger partial charge in [0.1, 0.15) is 0 Å². The van der Waals surface area contributed by atoms with Crippen LogP contribution >= 0.6 is 15.9 Å². The van der Waals surface area contributed by atoms with Crippen LogP contribution in [-0.2, 0) is 11.2 Å². The number of rotatable bonds is 3. The molecule has 2 rings (SSSR count). The predicted molar refractivity (Wildman–Crippen MR) is 72.7 cm³/mol. The van der Waals surface area contributed by atoms with E-state index in [0.29, 0.717) is 6.42 Å². The van der Waals surface area contributed by atoms with Crippen LogP contribution in [0.2, 0.25) is 0 Å². The monoisotopic (exact) mass is 306 g/mol. The number of amides is 1. The zero-order chi connectivity index (χ0) is 13.0. The summed E-state index contributed by atoms with van der Waals surface area (Å²) < 4.78 is 1.01. The molecule has 1 amide bonds. The number of hydrogen-bond acceptors (Lipinski definition) is 2. The molecule has 2 unspecified atom stereocenters. The Morgan fingerprint density at radius 2 is 2.11 bits per heavy atom. The molecule has 1 aliphatic rings. The SMILES string of the molecule is N#CC1CCCC1NC(=O)Cc1ccc(Br)cc1. The molecule has 18 heavy (non-hydrogen) atoms. The summed E-state index contributed by atoms with van der Waals surface area (Å²) in [6, 6.07) is 10.0. The highest BCUT2D eigenvalue weighted by molar-refractivity contribution is 9.10. The van der Waals surface area contributed by atoms with Crippen molar-refractivity contribution in [3.63, 3.8) is 0 Å². The molecule has 0 aliphatic heterocycles. The Balaban J connectivity index is 1.89. The quantitative estimate of drug-likeness (QED) is 0.933. The number of hydrogen-bond donors (Lipinski definition) is 1. The van der Waals surface area contributed by atoms with Gasteiger partial charge in [0.2, 0.25) is 5.91 Å². The van der Waals surface area contributed by atoms with Crippen LogP contribution in [0, 0.1) is 17.2 Å². The van der Waals surface area contributed by atoms with Crippen molar-refractivity contribution in [3.05, 3.63) is 34.3 Å². The van der Waals surface area contributed by atoms with Crippen molar-refractivity contribution in [1.29, 1.82) is 5.26 Å². The van der Waals surface area contributed by atoms with Crippen molar-refractivity contribution in [1.82, 2.24) is 5.32 Å². The summed E-state index contributed by atoms with van der Waals surface area (Å²) >= 11 is 3.36. The minimum absolute atomic E-state index is 0.00414. The molecule has 1 aliphatic carbocycles. The van der Waals surface area contributed by atoms with Crippen LogP contribution in [-0.4, -0.2) is 11.9 Å². The molecule has 1 aromatic rings. The zero-order valence-electron chi connectivity index (χ0n) is 10.0. The Morgan fingerprint density at radius 1 is 1.39 bits per heavy atom. The van der Waals surface area contributed by atoms with Gasteiger partial charge < -0.3 is 5.32 Å². The van der Waals surface area contributed by atoms with E-state index in [-0.39, 0.29) is 17.9 Å². The molecule has 0 bridgehead atoms. The maximum Gasteiger partial charge on any atom is 0.224 e. The minimum atomic E-state index is -0.0149. The van der Waals surface area contributed by atoms with E-state index in [1.165, 1.54) is 0 Å². The van der Waals surface area contributed by atoms with Crippen molar-refractivity contribution in [2.75, 3.05) is 0 Å². The maximum absolute atomic E-state index is 11.9. The van der Waals surface area contributed by atoms with Gasteiger partial charge >= 0.3 is 0 Å². The Kier molecular flexibility index (Phi) is 4.38. The van der Waals surface area contributed by atoms with Gasteiger partial charge in [0.25, 0.3) is 0 Å². The van der Waals surface area contributed by atoms with E-state index in [2.05, 4.69) is 27.3 Å². The highest BCUT2D eigenvalue weighted by Gasteiger charge is 2.28. The second kappa shape index (κ2) is 6.01. The average molecular weight is 307 g/mol. The molecule has 0 heterocycles. The highest BCUT2D eigenvalue weighted by atomic mass is 79.9. The standard InChI is InChI=1S/C14H15BrN2O/c15-12-6-4-10(5-7-12)8-14(18)17-13-3-1-2-11(13)9-16/h4-7,11,13H,1-3,8H2,(H,17,18). The van der Waals surface area contributed by atoms with Crippen LogP contribution in [0.1, 0.15) is 24.8 Å². The fraction of sp³-hybridized carbons (Fsp3) is 0.429. The van der Waals surface area contributed by atoms with Gasteiger partial charge in [0.15, 0.2) is 0 Å². The minimum Gasteiger partial charge on any atom is -0.352 e. The number of nitrogens with zero attached hydrogens (tertiary/aromatic N) is 1. The molecule has 0 aromatic heterocycles. The fourth-order valence-electron chi connectivity index (χ4n) is 2.33. The molecule has 94 valence electrons. The molecule has 3 nitrogen and oxygen atoms in total. The predicted octanol–water partition coefficient (Wildman–Crippen LogP) is 2.80. The summed E-state index contributed by atoms with van der Waals surface area (Å²) in [4.78, 5) is 11.9. The summed E-state index contributed by atoms with van der Waals surface area (Å²) in [5, 5.41) is 11.9. The summed E-state index contributed by atoms with van der Waals surface area (Å²) in [6.45, 7) is 0. The summed E-state index contributed by atoms with van der Waals surface area (Å²) in [5.41, 5.74) is 0.988. The summed E-state index contributed by atoms with van der Waals surface area (Å²) in [6.07, 6.45) is 3.23. The zero-order valence-corrected chi connectivity index (χ0v) is 11.6. The van der Waals surface area contributed by atoms with Gasteiger partial charge in [-0.15, -0.1) is 0 Å². The number of halogens is 1. The van der Waals surface area contributed by atoms with E-state index in [0.717, 1.165) is 29.3 Å². The lowest BCUT2D eigenvalue weighted by Gasteiger charge is -2.15. The van der Waals surface area contributed by atoms with E-state index in [1.54, 1.807) is 0 Å². The second-order valence-corrected chi connectivity index (χ2v) is 5.56. The first-order valence-corrected chi connectivity index (χ1v) is 6.92. The third kappa shape index (κ3) is 3.33. The van der Waals surface area contributed by atoms with Gasteiger partial charge in [-0.1, -0.05) is 28.1 Å². The molecule has 1 saturated carbocycles. The molecular weight excluding hydrogens is 292 g/mol. The van der Waals surface area contributed by atoms with Gasteiger partial charge in [0.05, 0.1) is 18.4 Å². The van der Waals surface area contributed by atoms with Crippen LogP contribution in [0.4, 0.5) is 0 Å². The molecule has 0 saturated heterocycles. The lowest BCUT2D eigenvalue weighted by molar-refractivity contribution is -0.121. The molecule has 0 radical (unpaired) electrons. The number of nitriles is 1. The van der Waals surface area contributed by atoms with E-state index in [4.69, 9.17) is 5.26 Å². The second-order valence-electron chi connectivity index (χ2n) is 4.64. The van der Waals surface area contributed by atoms with Crippen molar-refractivity contribution in [2.45, 2.75) is 31.7 Å². The van der Waals surface area contributed by atoms with Crippen LogP contribution < -0.4 is 5.32 Å². The van der Waals surface area contributed by atoms with Crippen LogP contribution in [0.15, 0.2) is 28.7 Å². The van der Waals surface area contributed by atoms with Crippen molar-refractivity contribution >= 4 is 21.8 Å². The van der Waals surface area contributed by atoms with E-state index in [9.17, 15) is 4.79 Å². The average Bonchev–Trinajstić information content (AvgIpc) is 2.79. The smallest absolute Gasteiger partial charge is 0.224 e. The van der Waals surface area contributed by atoms with E-state index >= 15 is 0 Å². The van der Waals surface area contributed by atoms with Crippen molar-refractivity contribution in [2.24, 2.45) is 5.92 Å². The number of benzene rings is 1. The third-order valence-corrected chi connectivity index (χ3v) is 3.83. The van der Waals surface area contributed by atoms with Gasteiger partial charge in [-0.2, -0.15) is 5.26 Å². The fourth-order valence-corrected chi connectivity index (χ4v) is 2.60. The first-order valence-electron chi connectivity index (χ1n) is 6.12. The van der Waals surface area contributed by atoms with E-state index < -0.39 is 0 Å². The Hall–Kier alpha value is -1.34.